The van der Waals surface area contributed by atoms with Gasteiger partial charge in [0.15, 0.2) is 0 Å². The Balaban J connectivity index is 1.97. The first kappa shape index (κ1) is 20.3. The summed E-state index contributed by atoms with van der Waals surface area (Å²) in [5.74, 6) is -1.10. The zero-order valence-electron chi connectivity index (χ0n) is 16.4. The van der Waals surface area contributed by atoms with E-state index in [0.717, 1.165) is 11.1 Å². The predicted octanol–water partition coefficient (Wildman–Crippen LogP) is 5.19. The third kappa shape index (κ3) is 5.08. The molecule has 0 unspecified atom stereocenters. The van der Waals surface area contributed by atoms with Gasteiger partial charge in [0.25, 0.3) is 5.91 Å². The first-order chi connectivity index (χ1) is 14.0. The molecule has 0 aliphatic carbocycles. The topological polar surface area (TPSA) is 49.4 Å². The van der Waals surface area contributed by atoms with Crippen LogP contribution in [0.4, 0.5) is 10.1 Å². The van der Waals surface area contributed by atoms with Crippen LogP contribution in [0.3, 0.4) is 0 Å². The molecule has 0 aliphatic heterocycles. The number of anilines is 1. The molecule has 0 spiro atoms. The summed E-state index contributed by atoms with van der Waals surface area (Å²) in [6, 6.07) is 22.6. The summed E-state index contributed by atoms with van der Waals surface area (Å²) in [5, 5.41) is 2.76. The molecule has 3 aromatic rings. The number of amides is 2. The van der Waals surface area contributed by atoms with Gasteiger partial charge in [0, 0.05) is 19.2 Å². The molecular formula is C24H23FN2O2. The number of nitrogens with zero attached hydrogens (tertiary/aromatic N) is 1. The van der Waals surface area contributed by atoms with Gasteiger partial charge in [-0.2, -0.15) is 0 Å². The number of carbonyl (C=O) groups is 2. The number of rotatable bonds is 6. The largest absolute Gasteiger partial charge is 0.327 e. The number of halogens is 1. The fourth-order valence-corrected chi connectivity index (χ4v) is 3.21. The first-order valence-electron chi connectivity index (χ1n) is 9.42. The molecule has 3 aromatic carbocycles. The molecule has 3 rings (SSSR count). The van der Waals surface area contributed by atoms with Crippen LogP contribution in [0.25, 0.3) is 0 Å². The summed E-state index contributed by atoms with van der Waals surface area (Å²) in [4.78, 5) is 26.3. The zero-order chi connectivity index (χ0) is 20.8. The van der Waals surface area contributed by atoms with Crippen LogP contribution >= 0.6 is 0 Å². The Morgan fingerprint density at radius 1 is 0.966 bits per heavy atom. The third-order valence-corrected chi connectivity index (χ3v) is 4.72. The van der Waals surface area contributed by atoms with E-state index in [0.29, 0.717) is 12.2 Å². The van der Waals surface area contributed by atoms with Gasteiger partial charge in [-0.3, -0.25) is 9.59 Å². The van der Waals surface area contributed by atoms with Gasteiger partial charge in [-0.05, 0) is 42.3 Å². The molecule has 4 nitrogen and oxygen atoms in total. The third-order valence-electron chi connectivity index (χ3n) is 4.72. The number of hydrogen-bond acceptors (Lipinski definition) is 2. The van der Waals surface area contributed by atoms with E-state index >= 15 is 0 Å². The average molecular weight is 390 g/mol. The van der Waals surface area contributed by atoms with Crippen LogP contribution in [0.15, 0.2) is 78.9 Å². The van der Waals surface area contributed by atoms with Crippen LogP contribution in [0, 0.1) is 5.82 Å². The molecule has 0 fully saturated rings. The molecule has 0 aromatic heterocycles. The highest BCUT2D eigenvalue weighted by Crippen LogP contribution is 2.27. The van der Waals surface area contributed by atoms with Crippen molar-refractivity contribution in [3.8, 4) is 0 Å². The van der Waals surface area contributed by atoms with Crippen LogP contribution in [0.5, 0.6) is 0 Å². The molecule has 5 heteroatoms. The smallest absolute Gasteiger partial charge is 0.257 e. The Morgan fingerprint density at radius 2 is 1.66 bits per heavy atom. The second kappa shape index (κ2) is 9.15. The van der Waals surface area contributed by atoms with Crippen molar-refractivity contribution in [2.24, 2.45) is 0 Å². The van der Waals surface area contributed by atoms with E-state index < -0.39 is 5.82 Å². The van der Waals surface area contributed by atoms with E-state index in [-0.39, 0.29) is 23.4 Å². The van der Waals surface area contributed by atoms with Crippen molar-refractivity contribution in [1.29, 1.82) is 0 Å². The fraction of sp³-hybridized carbons (Fsp3) is 0.167. The average Bonchev–Trinajstić information content (AvgIpc) is 2.72. The van der Waals surface area contributed by atoms with E-state index in [2.05, 4.69) is 5.32 Å². The predicted molar refractivity (Wildman–Crippen MR) is 112 cm³/mol. The molecule has 2 amide bonds. The maximum atomic E-state index is 14.3. The van der Waals surface area contributed by atoms with Crippen LogP contribution in [0.2, 0.25) is 0 Å². The van der Waals surface area contributed by atoms with Gasteiger partial charge in [-0.25, -0.2) is 4.39 Å². The van der Waals surface area contributed by atoms with Crippen LogP contribution in [0.1, 0.15) is 41.4 Å². The molecule has 1 N–H and O–H groups in total. The number of benzene rings is 3. The van der Waals surface area contributed by atoms with Crippen molar-refractivity contribution >= 4 is 17.5 Å². The molecule has 1 atom stereocenters. The zero-order valence-corrected chi connectivity index (χ0v) is 16.4. The van der Waals surface area contributed by atoms with Crippen molar-refractivity contribution in [2.75, 3.05) is 5.32 Å². The van der Waals surface area contributed by atoms with Crippen molar-refractivity contribution in [2.45, 2.75) is 26.4 Å². The summed E-state index contributed by atoms with van der Waals surface area (Å²) in [6.07, 6.45) is 0. The molecule has 29 heavy (non-hydrogen) atoms. The minimum Gasteiger partial charge on any atom is -0.327 e. The summed E-state index contributed by atoms with van der Waals surface area (Å²) < 4.78 is 14.3. The summed E-state index contributed by atoms with van der Waals surface area (Å²) in [5.41, 5.74) is 2.48. The van der Waals surface area contributed by atoms with E-state index in [1.54, 1.807) is 23.1 Å². The lowest BCUT2D eigenvalue weighted by Gasteiger charge is -2.30. The van der Waals surface area contributed by atoms with E-state index in [9.17, 15) is 14.0 Å². The quantitative estimate of drug-likeness (QED) is 0.630. The molecule has 0 heterocycles. The van der Waals surface area contributed by atoms with Gasteiger partial charge in [0.2, 0.25) is 5.91 Å². The highest BCUT2D eigenvalue weighted by Gasteiger charge is 2.25. The maximum Gasteiger partial charge on any atom is 0.257 e. The Hall–Kier alpha value is -3.47. The van der Waals surface area contributed by atoms with Crippen LogP contribution in [-0.4, -0.2) is 16.7 Å². The Bertz CT molecular complexity index is 1000. The van der Waals surface area contributed by atoms with E-state index in [1.807, 2.05) is 55.5 Å². The van der Waals surface area contributed by atoms with Crippen molar-refractivity contribution in [3.05, 3.63) is 101 Å². The standard InChI is InChI=1S/C24H23FN2O2/c1-17(20-11-8-12-21(15-20)26-18(2)28)27(16-19-9-4-3-5-10-19)24(29)22-13-6-7-14-23(22)25/h3-15,17H,16H2,1-2H3,(H,26,28)/t17-/m1/s1. The van der Waals surface area contributed by atoms with Crippen molar-refractivity contribution in [1.82, 2.24) is 4.90 Å². The van der Waals surface area contributed by atoms with E-state index in [1.165, 1.54) is 19.1 Å². The molecule has 0 aliphatic rings. The summed E-state index contributed by atoms with van der Waals surface area (Å²) >= 11 is 0. The molecule has 148 valence electrons. The fourth-order valence-electron chi connectivity index (χ4n) is 3.21. The van der Waals surface area contributed by atoms with Crippen LogP contribution < -0.4 is 5.32 Å². The lowest BCUT2D eigenvalue weighted by Crippen LogP contribution is -2.33. The number of carbonyl (C=O) groups excluding carboxylic acids is 2. The SMILES string of the molecule is CC(=O)Nc1cccc([C@@H](C)N(Cc2ccccc2)C(=O)c2ccccc2F)c1. The highest BCUT2D eigenvalue weighted by molar-refractivity contribution is 5.94. The molecule has 0 radical (unpaired) electrons. The van der Waals surface area contributed by atoms with Gasteiger partial charge in [0.05, 0.1) is 11.6 Å². The number of nitrogens with one attached hydrogen (secondary N) is 1. The molecular weight excluding hydrogens is 367 g/mol. The van der Waals surface area contributed by atoms with Gasteiger partial charge >= 0.3 is 0 Å². The molecule has 0 saturated carbocycles. The highest BCUT2D eigenvalue weighted by atomic mass is 19.1. The minimum atomic E-state index is -0.547. The molecule has 0 saturated heterocycles. The van der Waals surface area contributed by atoms with Crippen molar-refractivity contribution in [3.63, 3.8) is 0 Å². The van der Waals surface area contributed by atoms with Gasteiger partial charge in [0.1, 0.15) is 5.82 Å². The van der Waals surface area contributed by atoms with Gasteiger partial charge in [-0.15, -0.1) is 0 Å². The monoisotopic (exact) mass is 390 g/mol. The normalized spacial score (nSPS) is 11.6. The Labute approximate surface area is 170 Å². The van der Waals surface area contributed by atoms with Gasteiger partial charge in [-0.1, -0.05) is 54.6 Å². The van der Waals surface area contributed by atoms with Crippen molar-refractivity contribution < 1.29 is 14.0 Å². The number of hydrogen-bond donors (Lipinski definition) is 1. The lowest BCUT2D eigenvalue weighted by atomic mass is 10.0. The lowest BCUT2D eigenvalue weighted by molar-refractivity contribution is -0.114. The minimum absolute atomic E-state index is 0.0355. The van der Waals surface area contributed by atoms with E-state index in [4.69, 9.17) is 0 Å². The van der Waals surface area contributed by atoms with Crippen LogP contribution in [-0.2, 0) is 11.3 Å². The second-order valence-corrected chi connectivity index (χ2v) is 6.88. The maximum absolute atomic E-state index is 14.3. The Kier molecular flexibility index (Phi) is 6.39. The molecule has 0 bridgehead atoms. The summed E-state index contributed by atoms with van der Waals surface area (Å²) in [6.45, 7) is 3.67. The second-order valence-electron chi connectivity index (χ2n) is 6.88. The first-order valence-corrected chi connectivity index (χ1v) is 9.42. The Morgan fingerprint density at radius 3 is 2.34 bits per heavy atom. The van der Waals surface area contributed by atoms with Gasteiger partial charge < -0.3 is 10.2 Å². The summed E-state index contributed by atoms with van der Waals surface area (Å²) in [7, 11) is 0.